The highest BCUT2D eigenvalue weighted by Gasteiger charge is 2.27. The molecule has 30 heavy (non-hydrogen) atoms. The molecule has 1 aliphatic heterocycles. The van der Waals surface area contributed by atoms with Crippen molar-refractivity contribution in [1.82, 2.24) is 4.90 Å². The minimum atomic E-state index is -0.584. The number of amides is 1. The fourth-order valence-electron chi connectivity index (χ4n) is 3.62. The molecule has 0 N–H and O–H groups in total. The summed E-state index contributed by atoms with van der Waals surface area (Å²) in [5.74, 6) is 0.660. The van der Waals surface area contributed by atoms with Crippen LogP contribution in [0, 0.1) is 0 Å². The maximum absolute atomic E-state index is 13.3. The summed E-state index contributed by atoms with van der Waals surface area (Å²) < 4.78 is 11.8. The van der Waals surface area contributed by atoms with Crippen LogP contribution >= 0.6 is 11.6 Å². The molecule has 0 saturated carbocycles. The van der Waals surface area contributed by atoms with E-state index in [4.69, 9.17) is 21.1 Å². The Hall–Kier alpha value is -2.04. The number of carbonyl (C=O) groups is 1. The highest BCUT2D eigenvalue weighted by Crippen LogP contribution is 2.25. The van der Waals surface area contributed by atoms with E-state index in [-0.39, 0.29) is 17.4 Å². The van der Waals surface area contributed by atoms with Crippen LogP contribution in [0.4, 0.5) is 0 Å². The Morgan fingerprint density at radius 1 is 1.17 bits per heavy atom. The molecule has 3 rings (SSSR count). The van der Waals surface area contributed by atoms with Crippen molar-refractivity contribution in [3.8, 4) is 5.75 Å². The lowest BCUT2D eigenvalue weighted by Crippen LogP contribution is -2.43. The molecule has 0 bridgehead atoms. The summed E-state index contributed by atoms with van der Waals surface area (Å²) in [5, 5.41) is 0.686. The van der Waals surface area contributed by atoms with Crippen molar-refractivity contribution in [2.45, 2.75) is 64.7 Å². The highest BCUT2D eigenvalue weighted by molar-refractivity contribution is 6.30. The third-order valence-electron chi connectivity index (χ3n) is 5.43. The summed E-state index contributed by atoms with van der Waals surface area (Å²) in [4.78, 5) is 15.1. The van der Waals surface area contributed by atoms with Gasteiger partial charge in [0.2, 0.25) is 0 Å². The van der Waals surface area contributed by atoms with E-state index < -0.39 is 6.10 Å². The maximum Gasteiger partial charge on any atom is 0.263 e. The van der Waals surface area contributed by atoms with Gasteiger partial charge in [0.1, 0.15) is 5.75 Å². The van der Waals surface area contributed by atoms with Crippen molar-refractivity contribution in [2.75, 3.05) is 13.2 Å². The molecule has 0 aromatic heterocycles. The van der Waals surface area contributed by atoms with Crippen LogP contribution < -0.4 is 4.74 Å². The van der Waals surface area contributed by atoms with Gasteiger partial charge in [-0.1, -0.05) is 56.6 Å². The normalized spacial score (nSPS) is 17.6. The Balaban J connectivity index is 1.69. The summed E-state index contributed by atoms with van der Waals surface area (Å²) in [6.45, 7) is 10.2. The van der Waals surface area contributed by atoms with Gasteiger partial charge in [0.05, 0.1) is 6.10 Å². The Morgan fingerprint density at radius 3 is 2.40 bits per heavy atom. The van der Waals surface area contributed by atoms with Crippen molar-refractivity contribution in [3.63, 3.8) is 0 Å². The minimum Gasteiger partial charge on any atom is -0.481 e. The van der Waals surface area contributed by atoms with Crippen LogP contribution in [0.3, 0.4) is 0 Å². The number of hydrogen-bond donors (Lipinski definition) is 0. The molecule has 1 saturated heterocycles. The molecule has 1 amide bonds. The van der Waals surface area contributed by atoms with Crippen molar-refractivity contribution in [3.05, 3.63) is 64.7 Å². The lowest BCUT2D eigenvalue weighted by molar-refractivity contribution is -0.140. The number of halogens is 1. The largest absolute Gasteiger partial charge is 0.481 e. The molecule has 4 nitrogen and oxygen atoms in total. The Morgan fingerprint density at radius 2 is 1.83 bits per heavy atom. The van der Waals surface area contributed by atoms with Gasteiger partial charge in [0.25, 0.3) is 5.91 Å². The summed E-state index contributed by atoms with van der Waals surface area (Å²) >= 11 is 6.01. The zero-order valence-electron chi connectivity index (χ0n) is 18.4. The fraction of sp³-hybridized carbons (Fsp3) is 0.480. The van der Waals surface area contributed by atoms with E-state index >= 15 is 0 Å². The van der Waals surface area contributed by atoms with Gasteiger partial charge in [0, 0.05) is 24.7 Å². The molecular weight excluding hydrogens is 398 g/mol. The number of ether oxygens (including phenoxy) is 2. The first kappa shape index (κ1) is 22.6. The van der Waals surface area contributed by atoms with Crippen LogP contribution in [0.2, 0.25) is 5.02 Å². The number of rotatable bonds is 7. The predicted octanol–water partition coefficient (Wildman–Crippen LogP) is 5.61. The molecule has 162 valence electrons. The number of carbonyl (C=O) groups excluding carboxylic acids is 1. The Kier molecular flexibility index (Phi) is 7.43. The lowest BCUT2D eigenvalue weighted by atomic mass is 9.87. The molecule has 0 radical (unpaired) electrons. The van der Waals surface area contributed by atoms with E-state index in [9.17, 15) is 4.79 Å². The van der Waals surface area contributed by atoms with Gasteiger partial charge in [0.15, 0.2) is 6.10 Å². The van der Waals surface area contributed by atoms with E-state index in [0.717, 1.165) is 25.0 Å². The van der Waals surface area contributed by atoms with Crippen molar-refractivity contribution in [2.24, 2.45) is 0 Å². The molecule has 1 aliphatic rings. The first-order valence-electron chi connectivity index (χ1n) is 10.6. The molecule has 0 aliphatic carbocycles. The molecule has 0 spiro atoms. The molecule has 5 heteroatoms. The molecule has 1 heterocycles. The highest BCUT2D eigenvalue weighted by atomic mass is 35.5. The quantitative estimate of drug-likeness (QED) is 0.574. The van der Waals surface area contributed by atoms with Crippen molar-refractivity contribution in [1.29, 1.82) is 0 Å². The molecule has 0 unspecified atom stereocenters. The third-order valence-corrected chi connectivity index (χ3v) is 5.68. The lowest BCUT2D eigenvalue weighted by Gasteiger charge is -2.28. The molecule has 2 aromatic carbocycles. The average molecular weight is 430 g/mol. The Bertz CT molecular complexity index is 821. The molecule has 1 fully saturated rings. The summed E-state index contributed by atoms with van der Waals surface area (Å²) in [6.07, 6.45) is 1.52. The van der Waals surface area contributed by atoms with Gasteiger partial charge in [-0.2, -0.15) is 0 Å². The number of benzene rings is 2. The second kappa shape index (κ2) is 9.84. The summed E-state index contributed by atoms with van der Waals surface area (Å²) in [5.41, 5.74) is 2.35. The van der Waals surface area contributed by atoms with Gasteiger partial charge in [-0.25, -0.2) is 0 Å². The van der Waals surface area contributed by atoms with E-state index in [0.29, 0.717) is 23.9 Å². The van der Waals surface area contributed by atoms with Crippen LogP contribution in [-0.4, -0.2) is 36.2 Å². The standard InChI is InChI=1S/C25H32ClNO3/c1-18(30-22-13-9-20(10-14-22)25(2,3)4)24(28)27(17-23-6-5-15-29-23)16-19-7-11-21(26)12-8-19/h7-14,18,23H,5-6,15-17H2,1-4H3/t18-,23+/m0/s1. The minimum absolute atomic E-state index is 0.0413. The molecule has 2 atom stereocenters. The van der Waals surface area contributed by atoms with E-state index in [1.807, 2.05) is 48.2 Å². The van der Waals surface area contributed by atoms with Gasteiger partial charge < -0.3 is 14.4 Å². The predicted molar refractivity (Wildman–Crippen MR) is 121 cm³/mol. The summed E-state index contributed by atoms with van der Waals surface area (Å²) in [7, 11) is 0. The number of hydrogen-bond acceptors (Lipinski definition) is 3. The Labute approximate surface area is 185 Å². The topological polar surface area (TPSA) is 38.8 Å². The SMILES string of the molecule is C[C@H](Oc1ccc(C(C)(C)C)cc1)C(=O)N(Cc1ccc(Cl)cc1)C[C@H]1CCCO1. The van der Waals surface area contributed by atoms with Gasteiger partial charge in [-0.3, -0.25) is 4.79 Å². The van der Waals surface area contributed by atoms with Crippen LogP contribution in [0.15, 0.2) is 48.5 Å². The molecular formula is C25H32ClNO3. The molecule has 2 aromatic rings. The zero-order valence-corrected chi connectivity index (χ0v) is 19.1. The van der Waals surface area contributed by atoms with Crippen LogP contribution in [0.1, 0.15) is 51.7 Å². The first-order chi connectivity index (χ1) is 14.2. The van der Waals surface area contributed by atoms with Gasteiger partial charge in [-0.05, 0) is 60.6 Å². The van der Waals surface area contributed by atoms with Crippen LogP contribution in [-0.2, 0) is 21.5 Å². The second-order valence-corrected chi connectivity index (χ2v) is 9.45. The maximum atomic E-state index is 13.3. The average Bonchev–Trinajstić information content (AvgIpc) is 3.21. The van der Waals surface area contributed by atoms with Crippen molar-refractivity contribution < 1.29 is 14.3 Å². The number of nitrogens with zero attached hydrogens (tertiary/aromatic N) is 1. The van der Waals surface area contributed by atoms with Crippen molar-refractivity contribution >= 4 is 17.5 Å². The van der Waals surface area contributed by atoms with Crippen LogP contribution in [0.25, 0.3) is 0 Å². The van der Waals surface area contributed by atoms with E-state index in [2.05, 4.69) is 32.9 Å². The van der Waals surface area contributed by atoms with Crippen LogP contribution in [0.5, 0.6) is 5.75 Å². The van der Waals surface area contributed by atoms with E-state index in [1.54, 1.807) is 0 Å². The zero-order chi connectivity index (χ0) is 21.7. The summed E-state index contributed by atoms with van der Waals surface area (Å²) in [6, 6.07) is 15.6. The third kappa shape index (κ3) is 6.23. The first-order valence-corrected chi connectivity index (χ1v) is 11.0. The second-order valence-electron chi connectivity index (χ2n) is 9.01. The fourth-order valence-corrected chi connectivity index (χ4v) is 3.75. The van der Waals surface area contributed by atoms with E-state index in [1.165, 1.54) is 5.56 Å². The van der Waals surface area contributed by atoms with Gasteiger partial charge >= 0.3 is 0 Å². The smallest absolute Gasteiger partial charge is 0.263 e. The monoisotopic (exact) mass is 429 g/mol. The van der Waals surface area contributed by atoms with Gasteiger partial charge in [-0.15, -0.1) is 0 Å².